The molecule has 1 fully saturated rings. The van der Waals surface area contributed by atoms with Crippen molar-refractivity contribution in [1.82, 2.24) is 15.3 Å². The molecule has 0 aliphatic carbocycles. The van der Waals surface area contributed by atoms with Gasteiger partial charge in [-0.05, 0) is 24.8 Å². The Morgan fingerprint density at radius 2 is 1.86 bits per heavy atom. The zero-order valence-corrected chi connectivity index (χ0v) is 16.9. The summed E-state index contributed by atoms with van der Waals surface area (Å²) in [5.74, 6) is 2.49. The molecule has 1 aliphatic rings. The number of carbonyl (C=O) groups is 1. The Morgan fingerprint density at radius 1 is 1.18 bits per heavy atom. The number of alkyl carbamates (subject to hydrolysis) is 1. The second-order valence-corrected chi connectivity index (χ2v) is 7.32. The smallest absolute Gasteiger partial charge is 0.407 e. The molecule has 0 radical (unpaired) electrons. The fourth-order valence-corrected chi connectivity index (χ4v) is 3.31. The number of rotatable bonds is 6. The quantitative estimate of drug-likeness (QED) is 0.814. The molecule has 2 aromatic rings. The van der Waals surface area contributed by atoms with Gasteiger partial charge in [0.1, 0.15) is 12.1 Å². The number of nitrogens with zero attached hydrogens (tertiary/aromatic N) is 3. The van der Waals surface area contributed by atoms with Crippen molar-refractivity contribution in [2.75, 3.05) is 38.8 Å². The molecule has 1 saturated heterocycles. The van der Waals surface area contributed by atoms with Crippen molar-refractivity contribution in [1.29, 1.82) is 0 Å². The van der Waals surface area contributed by atoms with Crippen LogP contribution in [0.1, 0.15) is 26.7 Å². The van der Waals surface area contributed by atoms with Crippen LogP contribution in [0.25, 0.3) is 10.9 Å². The molecule has 1 aromatic heterocycles. The Bertz CT molecular complexity index is 819. The van der Waals surface area contributed by atoms with Gasteiger partial charge < -0.3 is 24.4 Å². The molecule has 0 spiro atoms. The van der Waals surface area contributed by atoms with E-state index in [0.717, 1.165) is 42.7 Å². The summed E-state index contributed by atoms with van der Waals surface area (Å²) in [6.07, 6.45) is 2.89. The SMILES string of the molecule is COc1cc2ncnc(N3CCC(NC(=O)OCC(C)C)CC3)c2cc1OC. The number of benzene rings is 1. The number of anilines is 1. The van der Waals surface area contributed by atoms with Gasteiger partial charge in [0.25, 0.3) is 0 Å². The van der Waals surface area contributed by atoms with Crippen LogP contribution in [0.4, 0.5) is 10.6 Å². The Hall–Kier alpha value is -2.77. The minimum atomic E-state index is -0.337. The fraction of sp³-hybridized carbons (Fsp3) is 0.550. The Labute approximate surface area is 165 Å². The maximum absolute atomic E-state index is 11.9. The predicted octanol–water partition coefficient (Wildman–Crippen LogP) is 3.00. The van der Waals surface area contributed by atoms with Crippen molar-refractivity contribution in [3.63, 3.8) is 0 Å². The molecule has 0 bridgehead atoms. The summed E-state index contributed by atoms with van der Waals surface area (Å²) in [6.45, 7) is 6.04. The number of aromatic nitrogens is 2. The lowest BCUT2D eigenvalue weighted by atomic mass is 10.0. The van der Waals surface area contributed by atoms with Crippen LogP contribution < -0.4 is 19.7 Å². The first-order valence-corrected chi connectivity index (χ1v) is 9.56. The van der Waals surface area contributed by atoms with Crippen molar-refractivity contribution in [3.8, 4) is 11.5 Å². The molecule has 8 heteroatoms. The average Bonchev–Trinajstić information content (AvgIpc) is 2.71. The van der Waals surface area contributed by atoms with E-state index in [0.29, 0.717) is 24.0 Å². The van der Waals surface area contributed by atoms with Gasteiger partial charge in [-0.25, -0.2) is 14.8 Å². The Morgan fingerprint density at radius 3 is 2.50 bits per heavy atom. The van der Waals surface area contributed by atoms with Gasteiger partial charge in [0.05, 0.1) is 26.3 Å². The topological polar surface area (TPSA) is 85.8 Å². The summed E-state index contributed by atoms with van der Waals surface area (Å²) in [4.78, 5) is 23.0. The first-order chi connectivity index (χ1) is 13.5. The van der Waals surface area contributed by atoms with Crippen molar-refractivity contribution in [3.05, 3.63) is 18.5 Å². The van der Waals surface area contributed by atoms with E-state index >= 15 is 0 Å². The summed E-state index contributed by atoms with van der Waals surface area (Å²) >= 11 is 0. The third kappa shape index (κ3) is 4.55. The number of methoxy groups -OCH3 is 2. The van der Waals surface area contributed by atoms with E-state index in [4.69, 9.17) is 14.2 Å². The van der Waals surface area contributed by atoms with Gasteiger partial charge in [-0.1, -0.05) is 13.8 Å². The van der Waals surface area contributed by atoms with Crippen LogP contribution in [0, 0.1) is 5.92 Å². The average molecular weight is 388 g/mol. The van der Waals surface area contributed by atoms with E-state index in [1.54, 1.807) is 20.5 Å². The van der Waals surface area contributed by atoms with E-state index in [-0.39, 0.29) is 12.1 Å². The first-order valence-electron chi connectivity index (χ1n) is 9.56. The fourth-order valence-electron chi connectivity index (χ4n) is 3.31. The Kier molecular flexibility index (Phi) is 6.38. The molecule has 3 rings (SSSR count). The van der Waals surface area contributed by atoms with Gasteiger partial charge in [0.15, 0.2) is 11.5 Å². The predicted molar refractivity (Wildman–Crippen MR) is 107 cm³/mol. The van der Waals surface area contributed by atoms with Crippen molar-refractivity contribution >= 4 is 22.8 Å². The standard InChI is InChI=1S/C20H28N4O4/c1-13(2)11-28-20(25)23-14-5-7-24(8-6-14)19-15-9-17(26-3)18(27-4)10-16(15)21-12-22-19/h9-10,12-14H,5-8,11H2,1-4H3,(H,23,25). The highest BCUT2D eigenvalue weighted by molar-refractivity contribution is 5.92. The third-order valence-corrected chi connectivity index (χ3v) is 4.78. The molecular weight excluding hydrogens is 360 g/mol. The highest BCUT2D eigenvalue weighted by Gasteiger charge is 2.24. The summed E-state index contributed by atoms with van der Waals surface area (Å²) in [7, 11) is 3.22. The summed E-state index contributed by atoms with van der Waals surface area (Å²) in [6, 6.07) is 3.88. The molecule has 0 unspecified atom stereocenters. The van der Waals surface area contributed by atoms with Crippen LogP contribution in [0.5, 0.6) is 11.5 Å². The lowest BCUT2D eigenvalue weighted by Crippen LogP contribution is -2.45. The van der Waals surface area contributed by atoms with E-state index in [1.165, 1.54) is 0 Å². The van der Waals surface area contributed by atoms with E-state index in [9.17, 15) is 4.79 Å². The monoisotopic (exact) mass is 388 g/mol. The Balaban J connectivity index is 1.69. The largest absolute Gasteiger partial charge is 0.493 e. The van der Waals surface area contributed by atoms with Crippen molar-refractivity contribution in [2.24, 2.45) is 5.92 Å². The van der Waals surface area contributed by atoms with Crippen LogP contribution in [-0.2, 0) is 4.74 Å². The van der Waals surface area contributed by atoms with E-state index in [1.807, 2.05) is 26.0 Å². The molecule has 8 nitrogen and oxygen atoms in total. The number of amides is 1. The number of fused-ring (bicyclic) bond motifs is 1. The molecular formula is C20H28N4O4. The van der Waals surface area contributed by atoms with Crippen LogP contribution in [-0.4, -0.2) is 56.0 Å². The van der Waals surface area contributed by atoms with Gasteiger partial charge in [0.2, 0.25) is 0 Å². The molecule has 0 atom stereocenters. The molecule has 152 valence electrons. The third-order valence-electron chi connectivity index (χ3n) is 4.78. The van der Waals surface area contributed by atoms with Gasteiger partial charge in [0, 0.05) is 30.6 Å². The van der Waals surface area contributed by atoms with Gasteiger partial charge in [-0.3, -0.25) is 0 Å². The number of nitrogens with one attached hydrogen (secondary N) is 1. The lowest BCUT2D eigenvalue weighted by Gasteiger charge is -2.33. The molecule has 0 saturated carbocycles. The molecule has 28 heavy (non-hydrogen) atoms. The number of hydrogen-bond acceptors (Lipinski definition) is 7. The maximum Gasteiger partial charge on any atom is 0.407 e. The first kappa shape index (κ1) is 20.0. The van der Waals surface area contributed by atoms with Crippen LogP contribution in [0.2, 0.25) is 0 Å². The molecule has 1 aromatic carbocycles. The second kappa shape index (κ2) is 8.95. The van der Waals surface area contributed by atoms with Gasteiger partial charge in [-0.15, -0.1) is 0 Å². The van der Waals surface area contributed by atoms with Crippen LogP contribution in [0.3, 0.4) is 0 Å². The second-order valence-electron chi connectivity index (χ2n) is 7.32. The number of piperidine rings is 1. The summed E-state index contributed by atoms with van der Waals surface area (Å²) in [5, 5.41) is 3.88. The van der Waals surface area contributed by atoms with E-state index < -0.39 is 0 Å². The van der Waals surface area contributed by atoms with E-state index in [2.05, 4.69) is 20.2 Å². The number of carbonyl (C=O) groups excluding carboxylic acids is 1. The number of hydrogen-bond donors (Lipinski definition) is 1. The van der Waals surface area contributed by atoms with Crippen molar-refractivity contribution < 1.29 is 19.0 Å². The van der Waals surface area contributed by atoms with Crippen LogP contribution in [0.15, 0.2) is 18.5 Å². The van der Waals surface area contributed by atoms with Gasteiger partial charge in [-0.2, -0.15) is 0 Å². The summed E-state index contributed by atoms with van der Waals surface area (Å²) < 4.78 is 16.0. The van der Waals surface area contributed by atoms with Gasteiger partial charge >= 0.3 is 6.09 Å². The zero-order chi connectivity index (χ0) is 20.1. The normalized spacial score (nSPS) is 15.0. The molecule has 1 aliphatic heterocycles. The maximum atomic E-state index is 11.9. The minimum Gasteiger partial charge on any atom is -0.493 e. The minimum absolute atomic E-state index is 0.110. The highest BCUT2D eigenvalue weighted by atomic mass is 16.5. The van der Waals surface area contributed by atoms with Crippen LogP contribution >= 0.6 is 0 Å². The van der Waals surface area contributed by atoms with Crippen molar-refractivity contribution in [2.45, 2.75) is 32.7 Å². The molecule has 2 heterocycles. The number of ether oxygens (including phenoxy) is 3. The lowest BCUT2D eigenvalue weighted by molar-refractivity contribution is 0.128. The molecule has 1 amide bonds. The zero-order valence-electron chi connectivity index (χ0n) is 16.9. The molecule has 1 N–H and O–H groups in total. The summed E-state index contributed by atoms with van der Waals surface area (Å²) in [5.41, 5.74) is 0.806. The highest BCUT2D eigenvalue weighted by Crippen LogP contribution is 2.35.